The van der Waals surface area contributed by atoms with Crippen molar-refractivity contribution in [3.8, 4) is 0 Å². The lowest BCUT2D eigenvalue weighted by atomic mass is 9.97. The number of nitrogens with one attached hydrogen (secondary N) is 1. The number of thioether (sulfide) groups is 1. The number of amides is 1. The molecule has 1 fully saturated rings. The summed E-state index contributed by atoms with van der Waals surface area (Å²) in [6.45, 7) is 2.28. The minimum atomic E-state index is -3.75. The van der Waals surface area contributed by atoms with Crippen LogP contribution in [0.25, 0.3) is 0 Å². The molecule has 3 rings (SSSR count). The fourth-order valence-corrected chi connectivity index (χ4v) is 5.42. The summed E-state index contributed by atoms with van der Waals surface area (Å²) < 4.78 is 56.9. The van der Waals surface area contributed by atoms with Gasteiger partial charge < -0.3 is 10.1 Å². The van der Waals surface area contributed by atoms with Gasteiger partial charge >= 0.3 is 5.97 Å². The molecule has 0 radical (unpaired) electrons. The number of sulfonamides is 1. The maximum absolute atomic E-state index is 12.9. The van der Waals surface area contributed by atoms with Gasteiger partial charge in [0.05, 0.1) is 17.1 Å². The molecule has 0 aliphatic carbocycles. The summed E-state index contributed by atoms with van der Waals surface area (Å²) in [5.41, 5.74) is 0.766. The molecule has 0 saturated carbocycles. The van der Waals surface area contributed by atoms with Gasteiger partial charge in [-0.15, -0.1) is 0 Å². The number of hydrogen-bond donors (Lipinski definition) is 1. The summed E-state index contributed by atoms with van der Waals surface area (Å²) in [7, 11) is -3.75. The predicted octanol–water partition coefficient (Wildman–Crippen LogP) is 4.22. The van der Waals surface area contributed by atoms with Gasteiger partial charge in [0, 0.05) is 29.6 Å². The second-order valence-electron chi connectivity index (χ2n) is 7.32. The normalized spacial score (nSPS) is 15.4. The number of halogens is 2. The number of benzene rings is 2. The van der Waals surface area contributed by atoms with Crippen LogP contribution in [0.3, 0.4) is 0 Å². The Bertz CT molecular complexity index is 1070. The summed E-state index contributed by atoms with van der Waals surface area (Å²) in [5, 5.41) is 2.76. The maximum atomic E-state index is 12.9. The maximum Gasteiger partial charge on any atom is 0.338 e. The fraction of sp³-hybridized carbons (Fsp3) is 0.364. The van der Waals surface area contributed by atoms with Crippen LogP contribution in [0, 0.1) is 5.92 Å². The molecule has 2 aromatic carbocycles. The van der Waals surface area contributed by atoms with Gasteiger partial charge in [-0.1, -0.05) is 11.8 Å². The van der Waals surface area contributed by atoms with Crippen LogP contribution in [0.2, 0.25) is 0 Å². The number of ether oxygens (including phenoxy) is 1. The first-order chi connectivity index (χ1) is 15.7. The van der Waals surface area contributed by atoms with E-state index in [1.54, 1.807) is 19.1 Å². The van der Waals surface area contributed by atoms with Gasteiger partial charge in [0.2, 0.25) is 15.9 Å². The molecule has 0 aromatic heterocycles. The van der Waals surface area contributed by atoms with E-state index in [1.807, 2.05) is 0 Å². The number of rotatable bonds is 8. The van der Waals surface area contributed by atoms with Gasteiger partial charge in [-0.2, -0.15) is 13.1 Å². The molecule has 178 valence electrons. The largest absolute Gasteiger partial charge is 0.462 e. The van der Waals surface area contributed by atoms with Crippen LogP contribution in [-0.2, 0) is 19.6 Å². The van der Waals surface area contributed by atoms with Gasteiger partial charge in [0.1, 0.15) is 0 Å². The molecular formula is C22H24F2N2O5S2. The highest BCUT2D eigenvalue weighted by Gasteiger charge is 2.32. The molecule has 1 saturated heterocycles. The Balaban J connectivity index is 1.56. The number of esters is 1. The first kappa shape index (κ1) is 25.1. The van der Waals surface area contributed by atoms with Crippen molar-refractivity contribution in [2.45, 2.75) is 35.3 Å². The predicted molar refractivity (Wildman–Crippen MR) is 121 cm³/mol. The van der Waals surface area contributed by atoms with Gasteiger partial charge in [-0.25, -0.2) is 13.2 Å². The lowest BCUT2D eigenvalue weighted by molar-refractivity contribution is -0.120. The molecule has 0 unspecified atom stereocenters. The summed E-state index contributed by atoms with van der Waals surface area (Å²) in [6, 6.07) is 11.7. The number of carbonyl (C=O) groups excluding carboxylic acids is 2. The zero-order valence-corrected chi connectivity index (χ0v) is 19.5. The van der Waals surface area contributed by atoms with Crippen molar-refractivity contribution in [2.24, 2.45) is 5.92 Å². The Kier molecular flexibility index (Phi) is 8.44. The third-order valence-corrected chi connectivity index (χ3v) is 7.81. The van der Waals surface area contributed by atoms with E-state index in [1.165, 1.54) is 40.7 Å². The van der Waals surface area contributed by atoms with Crippen molar-refractivity contribution in [1.29, 1.82) is 0 Å². The van der Waals surface area contributed by atoms with Crippen molar-refractivity contribution in [1.82, 2.24) is 4.31 Å². The monoisotopic (exact) mass is 498 g/mol. The quantitative estimate of drug-likeness (QED) is 0.433. The second kappa shape index (κ2) is 11.1. The first-order valence-corrected chi connectivity index (χ1v) is 12.7. The van der Waals surface area contributed by atoms with E-state index in [0.29, 0.717) is 35.2 Å². The molecular weight excluding hydrogens is 474 g/mol. The highest BCUT2D eigenvalue weighted by Crippen LogP contribution is 2.28. The number of carbonyl (C=O) groups is 2. The molecule has 1 aliphatic heterocycles. The Morgan fingerprint density at radius 3 is 2.24 bits per heavy atom. The van der Waals surface area contributed by atoms with E-state index in [4.69, 9.17) is 4.74 Å². The molecule has 0 atom stereocenters. The van der Waals surface area contributed by atoms with Gasteiger partial charge in [-0.05, 0) is 68.3 Å². The number of hydrogen-bond acceptors (Lipinski definition) is 6. The molecule has 11 heteroatoms. The molecule has 1 amide bonds. The molecule has 0 spiro atoms. The highest BCUT2D eigenvalue weighted by atomic mass is 32.2. The topological polar surface area (TPSA) is 92.8 Å². The van der Waals surface area contributed by atoms with Crippen LogP contribution in [0.1, 0.15) is 30.1 Å². The molecule has 7 nitrogen and oxygen atoms in total. The van der Waals surface area contributed by atoms with E-state index < -0.39 is 21.8 Å². The van der Waals surface area contributed by atoms with Crippen LogP contribution in [0.5, 0.6) is 0 Å². The standard InChI is InChI=1S/C22H24F2N2O5S2/c1-2-31-21(28)16-3-9-19(10-4-16)33(29,30)26-13-11-15(12-14-26)20(27)25-17-5-7-18(8-6-17)32-22(23)24/h3-10,15,22H,2,11-14H2,1H3,(H,25,27). The van der Waals surface area contributed by atoms with Crippen LogP contribution in [0.4, 0.5) is 14.5 Å². The summed E-state index contributed by atoms with van der Waals surface area (Å²) in [4.78, 5) is 24.8. The first-order valence-electron chi connectivity index (χ1n) is 10.3. The van der Waals surface area contributed by atoms with Crippen molar-refractivity contribution in [3.05, 3.63) is 54.1 Å². The lowest BCUT2D eigenvalue weighted by Crippen LogP contribution is -2.41. The van der Waals surface area contributed by atoms with Crippen molar-refractivity contribution >= 4 is 39.3 Å². The number of alkyl halides is 2. The minimum absolute atomic E-state index is 0.0696. The third-order valence-electron chi connectivity index (χ3n) is 5.17. The zero-order chi connectivity index (χ0) is 24.0. The molecule has 1 heterocycles. The van der Waals surface area contributed by atoms with E-state index in [9.17, 15) is 26.8 Å². The Morgan fingerprint density at radius 2 is 1.70 bits per heavy atom. The Hall–Kier alpha value is -2.50. The van der Waals surface area contributed by atoms with Gasteiger partial charge in [0.25, 0.3) is 5.76 Å². The third kappa shape index (κ3) is 6.52. The van der Waals surface area contributed by atoms with Crippen LogP contribution < -0.4 is 5.32 Å². The van der Waals surface area contributed by atoms with E-state index in [-0.39, 0.29) is 42.0 Å². The van der Waals surface area contributed by atoms with E-state index in [0.717, 1.165) is 0 Å². The van der Waals surface area contributed by atoms with Crippen molar-refractivity contribution in [2.75, 3.05) is 25.0 Å². The second-order valence-corrected chi connectivity index (χ2v) is 10.3. The average molecular weight is 499 g/mol. The number of anilines is 1. The Morgan fingerprint density at radius 1 is 1.09 bits per heavy atom. The average Bonchev–Trinajstić information content (AvgIpc) is 2.80. The number of piperidine rings is 1. The summed E-state index contributed by atoms with van der Waals surface area (Å²) in [6.07, 6.45) is 0.705. The molecule has 2 aromatic rings. The van der Waals surface area contributed by atoms with Crippen LogP contribution in [0.15, 0.2) is 58.3 Å². The molecule has 1 aliphatic rings. The van der Waals surface area contributed by atoms with Gasteiger partial charge in [0.15, 0.2) is 0 Å². The highest BCUT2D eigenvalue weighted by molar-refractivity contribution is 7.99. The van der Waals surface area contributed by atoms with Crippen LogP contribution >= 0.6 is 11.8 Å². The van der Waals surface area contributed by atoms with E-state index >= 15 is 0 Å². The van der Waals surface area contributed by atoms with Gasteiger partial charge in [-0.3, -0.25) is 4.79 Å². The molecule has 0 bridgehead atoms. The zero-order valence-electron chi connectivity index (χ0n) is 17.9. The Labute approximate surface area is 195 Å². The smallest absolute Gasteiger partial charge is 0.338 e. The fourth-order valence-electron chi connectivity index (χ4n) is 3.45. The van der Waals surface area contributed by atoms with Crippen molar-refractivity contribution in [3.63, 3.8) is 0 Å². The van der Waals surface area contributed by atoms with Crippen molar-refractivity contribution < 1.29 is 31.5 Å². The molecule has 1 N–H and O–H groups in total. The van der Waals surface area contributed by atoms with E-state index in [2.05, 4.69) is 5.32 Å². The minimum Gasteiger partial charge on any atom is -0.462 e. The summed E-state index contributed by atoms with van der Waals surface area (Å²) in [5.74, 6) is -3.63. The molecule has 33 heavy (non-hydrogen) atoms. The van der Waals surface area contributed by atoms with Crippen LogP contribution in [-0.4, -0.2) is 50.1 Å². The summed E-state index contributed by atoms with van der Waals surface area (Å²) >= 11 is 0.428. The number of nitrogens with zero attached hydrogens (tertiary/aromatic N) is 1. The SMILES string of the molecule is CCOC(=O)c1ccc(S(=O)(=O)N2CCC(C(=O)Nc3ccc(SC(F)F)cc3)CC2)cc1. The lowest BCUT2D eigenvalue weighted by Gasteiger charge is -2.30.